The second kappa shape index (κ2) is 6.95. The molecule has 0 saturated carbocycles. The van der Waals surface area contributed by atoms with Crippen molar-refractivity contribution in [1.82, 2.24) is 9.80 Å². The molecule has 1 rings (SSSR count). The molecule has 0 aromatic rings. The van der Waals surface area contributed by atoms with Gasteiger partial charge >= 0.3 is 6.03 Å². The molecule has 0 unspecified atom stereocenters. The van der Waals surface area contributed by atoms with E-state index >= 15 is 0 Å². The minimum absolute atomic E-state index is 0.0417. The first-order valence-corrected chi connectivity index (χ1v) is 5.77. The molecule has 2 amide bonds. The Kier molecular flexibility index (Phi) is 5.55. The first-order chi connectivity index (χ1) is 8.19. The fourth-order valence-electron chi connectivity index (χ4n) is 1.69. The number of morpholine rings is 1. The summed E-state index contributed by atoms with van der Waals surface area (Å²) >= 11 is 0. The van der Waals surface area contributed by atoms with Crippen LogP contribution in [0.2, 0.25) is 0 Å². The van der Waals surface area contributed by atoms with E-state index in [0.717, 1.165) is 6.42 Å². The third kappa shape index (κ3) is 4.10. The molecule has 0 aromatic carbocycles. The highest BCUT2D eigenvalue weighted by Gasteiger charge is 2.22. The summed E-state index contributed by atoms with van der Waals surface area (Å²) in [6.07, 6.45) is 0.828. The molecule has 0 aromatic heterocycles. The molecular formula is C10H20N4O3. The minimum atomic E-state index is -0.0817. The summed E-state index contributed by atoms with van der Waals surface area (Å²) in [5.41, 5.74) is 5.43. The van der Waals surface area contributed by atoms with Crippen molar-refractivity contribution < 1.29 is 14.7 Å². The minimum Gasteiger partial charge on any atom is -0.409 e. The van der Waals surface area contributed by atoms with Crippen molar-refractivity contribution in [3.8, 4) is 0 Å². The predicted molar refractivity (Wildman–Crippen MR) is 63.1 cm³/mol. The van der Waals surface area contributed by atoms with Gasteiger partial charge in [-0.05, 0) is 6.42 Å². The summed E-state index contributed by atoms with van der Waals surface area (Å²) in [5, 5.41) is 11.4. The molecule has 1 aliphatic rings. The number of amides is 2. The molecule has 1 saturated heterocycles. The molecule has 1 aliphatic heterocycles. The van der Waals surface area contributed by atoms with Gasteiger partial charge in [-0.2, -0.15) is 0 Å². The van der Waals surface area contributed by atoms with E-state index in [9.17, 15) is 4.79 Å². The number of carbonyl (C=O) groups is 1. The maximum absolute atomic E-state index is 12.1. The average Bonchev–Trinajstić information content (AvgIpc) is 2.38. The highest BCUT2D eigenvalue weighted by molar-refractivity contribution is 5.86. The summed E-state index contributed by atoms with van der Waals surface area (Å²) in [6.45, 7) is 5.04. The molecule has 0 atom stereocenters. The second-order valence-corrected chi connectivity index (χ2v) is 3.89. The van der Waals surface area contributed by atoms with Crippen LogP contribution in [0.25, 0.3) is 0 Å². The lowest BCUT2D eigenvalue weighted by Crippen LogP contribution is -2.50. The Labute approximate surface area is 101 Å². The van der Waals surface area contributed by atoms with Crippen molar-refractivity contribution in [2.24, 2.45) is 10.9 Å². The smallest absolute Gasteiger partial charge is 0.320 e. The number of ether oxygens (including phenoxy) is 1. The SMILES string of the molecule is CCCN(CC(N)=NO)C(=O)N1CCOCC1. The number of hydrogen-bond acceptors (Lipinski definition) is 4. The van der Waals surface area contributed by atoms with Crippen LogP contribution in [0.15, 0.2) is 5.16 Å². The Morgan fingerprint density at radius 1 is 1.53 bits per heavy atom. The zero-order valence-corrected chi connectivity index (χ0v) is 10.1. The van der Waals surface area contributed by atoms with Gasteiger partial charge in [0.15, 0.2) is 5.84 Å². The summed E-state index contributed by atoms with van der Waals surface area (Å²) in [7, 11) is 0. The van der Waals surface area contributed by atoms with E-state index in [1.165, 1.54) is 0 Å². The number of oxime groups is 1. The van der Waals surface area contributed by atoms with Gasteiger partial charge in [-0.1, -0.05) is 12.1 Å². The highest BCUT2D eigenvalue weighted by Crippen LogP contribution is 2.04. The number of amidine groups is 1. The highest BCUT2D eigenvalue weighted by atomic mass is 16.5. The maximum atomic E-state index is 12.1. The molecule has 1 fully saturated rings. The summed E-state index contributed by atoms with van der Waals surface area (Å²) in [5.74, 6) is 0.0417. The van der Waals surface area contributed by atoms with Gasteiger partial charge in [-0.25, -0.2) is 4.79 Å². The van der Waals surface area contributed by atoms with Gasteiger partial charge in [-0.15, -0.1) is 0 Å². The first-order valence-electron chi connectivity index (χ1n) is 5.77. The largest absolute Gasteiger partial charge is 0.409 e. The lowest BCUT2D eigenvalue weighted by Gasteiger charge is -2.32. The Balaban J connectivity index is 2.58. The van der Waals surface area contributed by atoms with Crippen molar-refractivity contribution in [2.45, 2.75) is 13.3 Å². The van der Waals surface area contributed by atoms with E-state index in [1.54, 1.807) is 9.80 Å². The molecule has 0 bridgehead atoms. The van der Waals surface area contributed by atoms with Crippen LogP contribution in [-0.4, -0.2) is 66.3 Å². The van der Waals surface area contributed by atoms with Gasteiger partial charge in [0.25, 0.3) is 0 Å². The summed E-state index contributed by atoms with van der Waals surface area (Å²) < 4.78 is 5.19. The van der Waals surface area contributed by atoms with Gasteiger partial charge in [0, 0.05) is 19.6 Å². The molecule has 17 heavy (non-hydrogen) atoms. The van der Waals surface area contributed by atoms with E-state index in [4.69, 9.17) is 15.7 Å². The van der Waals surface area contributed by atoms with E-state index in [-0.39, 0.29) is 18.4 Å². The third-order valence-corrected chi connectivity index (χ3v) is 2.53. The molecule has 0 aliphatic carbocycles. The van der Waals surface area contributed by atoms with Crippen molar-refractivity contribution >= 4 is 11.9 Å². The first kappa shape index (κ1) is 13.6. The van der Waals surface area contributed by atoms with E-state index in [2.05, 4.69) is 5.16 Å². The standard InChI is InChI=1S/C10H20N4O3/c1-2-3-14(8-9(11)12-16)10(15)13-4-6-17-7-5-13/h16H,2-8H2,1H3,(H2,11,12). The molecule has 1 heterocycles. The van der Waals surface area contributed by atoms with Crippen LogP contribution in [0, 0.1) is 0 Å². The average molecular weight is 244 g/mol. The molecule has 0 radical (unpaired) electrons. The summed E-state index contributed by atoms with van der Waals surface area (Å²) in [6, 6.07) is -0.0817. The molecule has 7 nitrogen and oxygen atoms in total. The van der Waals surface area contributed by atoms with Gasteiger partial charge in [-0.3, -0.25) is 0 Å². The van der Waals surface area contributed by atoms with Crippen LogP contribution >= 0.6 is 0 Å². The molecular weight excluding hydrogens is 224 g/mol. The lowest BCUT2D eigenvalue weighted by atomic mass is 10.3. The van der Waals surface area contributed by atoms with Crippen molar-refractivity contribution in [1.29, 1.82) is 0 Å². The fraction of sp³-hybridized carbons (Fsp3) is 0.800. The van der Waals surface area contributed by atoms with Crippen molar-refractivity contribution in [2.75, 3.05) is 39.4 Å². The van der Waals surface area contributed by atoms with Crippen LogP contribution in [0.1, 0.15) is 13.3 Å². The van der Waals surface area contributed by atoms with E-state index in [1.807, 2.05) is 6.92 Å². The summed E-state index contributed by atoms with van der Waals surface area (Å²) in [4.78, 5) is 15.5. The van der Waals surface area contributed by atoms with E-state index < -0.39 is 0 Å². The number of hydrogen-bond donors (Lipinski definition) is 2. The fourth-order valence-corrected chi connectivity index (χ4v) is 1.69. The lowest BCUT2D eigenvalue weighted by molar-refractivity contribution is 0.0444. The third-order valence-electron chi connectivity index (χ3n) is 2.53. The quantitative estimate of drug-likeness (QED) is 0.312. The number of nitrogens with two attached hydrogens (primary N) is 1. The number of nitrogens with zero attached hydrogens (tertiary/aromatic N) is 3. The van der Waals surface area contributed by atoms with Gasteiger partial charge in [0.1, 0.15) is 0 Å². The van der Waals surface area contributed by atoms with Gasteiger partial charge in [0.2, 0.25) is 0 Å². The number of urea groups is 1. The Morgan fingerprint density at radius 3 is 2.71 bits per heavy atom. The Bertz CT molecular complexity index is 277. The van der Waals surface area contributed by atoms with Crippen molar-refractivity contribution in [3.05, 3.63) is 0 Å². The van der Waals surface area contributed by atoms with Gasteiger partial charge < -0.3 is 25.5 Å². The second-order valence-electron chi connectivity index (χ2n) is 3.89. The molecule has 98 valence electrons. The van der Waals surface area contributed by atoms with Crippen LogP contribution in [-0.2, 0) is 4.74 Å². The molecule has 0 spiro atoms. The van der Waals surface area contributed by atoms with Gasteiger partial charge in [0.05, 0.1) is 19.8 Å². The molecule has 3 N–H and O–H groups in total. The van der Waals surface area contributed by atoms with Crippen LogP contribution in [0.4, 0.5) is 4.79 Å². The monoisotopic (exact) mass is 244 g/mol. The number of carbonyl (C=O) groups excluding carboxylic acids is 1. The predicted octanol–water partition coefficient (Wildman–Crippen LogP) is -0.103. The number of rotatable bonds is 4. The van der Waals surface area contributed by atoms with Crippen molar-refractivity contribution in [3.63, 3.8) is 0 Å². The Morgan fingerprint density at radius 2 is 2.18 bits per heavy atom. The normalized spacial score (nSPS) is 17.0. The molecule has 7 heteroatoms. The zero-order chi connectivity index (χ0) is 12.7. The topological polar surface area (TPSA) is 91.4 Å². The van der Waals surface area contributed by atoms with Crippen LogP contribution in [0.3, 0.4) is 0 Å². The van der Waals surface area contributed by atoms with E-state index in [0.29, 0.717) is 32.8 Å². The maximum Gasteiger partial charge on any atom is 0.320 e. The van der Waals surface area contributed by atoms with Crippen LogP contribution in [0.5, 0.6) is 0 Å². The Hall–Kier alpha value is -1.50. The van der Waals surface area contributed by atoms with Crippen LogP contribution < -0.4 is 5.73 Å². The zero-order valence-electron chi connectivity index (χ0n) is 10.1.